The van der Waals surface area contributed by atoms with Gasteiger partial charge in [0, 0.05) is 5.69 Å². The van der Waals surface area contributed by atoms with Gasteiger partial charge in [-0.1, -0.05) is 23.6 Å². The summed E-state index contributed by atoms with van der Waals surface area (Å²) in [6.07, 6.45) is 5.17. The Morgan fingerprint density at radius 2 is 2.11 bits per heavy atom. The topological polar surface area (TPSA) is 71.2 Å². The molecule has 0 amide bonds. The van der Waals surface area contributed by atoms with Crippen LogP contribution in [-0.2, 0) is 0 Å². The number of ether oxygens (including phenoxy) is 1. The fourth-order valence-corrected chi connectivity index (χ4v) is 3.01. The maximum atomic E-state index is 14.5. The van der Waals surface area contributed by atoms with E-state index in [1.807, 2.05) is 0 Å². The van der Waals surface area contributed by atoms with Gasteiger partial charge in [0.15, 0.2) is 11.5 Å². The summed E-state index contributed by atoms with van der Waals surface area (Å²) in [7, 11) is 0. The van der Waals surface area contributed by atoms with Crippen LogP contribution in [0.3, 0.4) is 0 Å². The van der Waals surface area contributed by atoms with E-state index in [0.29, 0.717) is 0 Å². The number of carbonyl (C=O) groups is 1. The molecule has 0 aliphatic rings. The second-order valence-electron chi connectivity index (χ2n) is 5.81. The van der Waals surface area contributed by atoms with E-state index < -0.39 is 22.8 Å². The van der Waals surface area contributed by atoms with Gasteiger partial charge in [-0.3, -0.25) is 9.59 Å². The summed E-state index contributed by atoms with van der Waals surface area (Å²) in [6, 6.07) is 6.32. The molecule has 142 valence electrons. The number of hydrogen-bond acceptors (Lipinski definition) is 4. The van der Waals surface area contributed by atoms with Crippen LogP contribution in [-0.4, -0.2) is 17.4 Å². The molecule has 5 nitrogen and oxygen atoms in total. The minimum atomic E-state index is -0.831. The second-order valence-corrected chi connectivity index (χ2v) is 6.21. The first-order chi connectivity index (χ1) is 13.3. The Kier molecular flexibility index (Phi) is 5.34. The molecule has 0 bridgehead atoms. The average molecular weight is 403 g/mol. The fourth-order valence-electron chi connectivity index (χ4n) is 2.76. The molecule has 8 heteroatoms. The highest BCUT2D eigenvalue weighted by atomic mass is 35.5. The first-order valence-corrected chi connectivity index (χ1v) is 8.39. The zero-order valence-electron chi connectivity index (χ0n) is 14.5. The van der Waals surface area contributed by atoms with Gasteiger partial charge in [-0.15, -0.1) is 6.42 Å². The van der Waals surface area contributed by atoms with Gasteiger partial charge in [-0.2, -0.15) is 0 Å². The summed E-state index contributed by atoms with van der Waals surface area (Å²) in [4.78, 5) is 27.9. The maximum Gasteiger partial charge on any atom is 0.206 e. The molecule has 0 aliphatic heterocycles. The highest BCUT2D eigenvalue weighted by Gasteiger charge is 2.23. The molecule has 0 spiro atoms. The predicted octanol–water partition coefficient (Wildman–Crippen LogP) is 4.42. The van der Waals surface area contributed by atoms with Crippen molar-refractivity contribution < 1.29 is 18.3 Å². The monoisotopic (exact) mass is 402 g/mol. The zero-order valence-corrected chi connectivity index (χ0v) is 15.3. The molecule has 1 aromatic heterocycles. The average Bonchev–Trinajstić information content (AvgIpc) is 2.62. The quantitative estimate of drug-likeness (QED) is 0.489. The Balaban J connectivity index is 2.32. The number of anilines is 2. The van der Waals surface area contributed by atoms with Crippen molar-refractivity contribution in [2.45, 2.75) is 6.92 Å². The van der Waals surface area contributed by atoms with Crippen LogP contribution in [0.2, 0.25) is 5.02 Å². The van der Waals surface area contributed by atoms with E-state index in [2.05, 4.69) is 16.2 Å². The number of fused-ring (bicyclic) bond motifs is 1. The Labute approximate surface area is 163 Å². The van der Waals surface area contributed by atoms with E-state index in [9.17, 15) is 18.4 Å². The van der Waals surface area contributed by atoms with Crippen molar-refractivity contribution in [3.63, 3.8) is 0 Å². The lowest BCUT2D eigenvalue weighted by Gasteiger charge is -2.15. The Bertz CT molecular complexity index is 1200. The molecule has 0 fully saturated rings. The highest BCUT2D eigenvalue weighted by molar-refractivity contribution is 6.33. The van der Waals surface area contributed by atoms with Crippen molar-refractivity contribution in [1.29, 1.82) is 0 Å². The first-order valence-electron chi connectivity index (χ1n) is 8.01. The van der Waals surface area contributed by atoms with Gasteiger partial charge in [0.05, 0.1) is 15.9 Å². The molecule has 0 saturated carbocycles. The Hall–Kier alpha value is -3.37. The normalized spacial score (nSPS) is 10.5. The zero-order chi connectivity index (χ0) is 20.4. The Morgan fingerprint density at radius 3 is 2.75 bits per heavy atom. The van der Waals surface area contributed by atoms with E-state index >= 15 is 0 Å². The van der Waals surface area contributed by atoms with E-state index in [1.165, 1.54) is 25.1 Å². The number of aromatic amines is 1. The number of carbonyl (C=O) groups excluding carboxylic acids is 1. The molecule has 1 heterocycles. The first kappa shape index (κ1) is 19.4. The van der Waals surface area contributed by atoms with Crippen molar-refractivity contribution in [1.82, 2.24) is 4.98 Å². The number of terminal acetylenes is 1. The van der Waals surface area contributed by atoms with Crippen molar-refractivity contribution in [2.24, 2.45) is 0 Å². The third-order valence-electron chi connectivity index (χ3n) is 3.89. The molecular weight excluding hydrogens is 390 g/mol. The number of pyridine rings is 1. The fraction of sp³-hybridized carbons (Fsp3) is 0.100. The van der Waals surface area contributed by atoms with Crippen LogP contribution in [0.25, 0.3) is 10.9 Å². The molecule has 0 saturated heterocycles. The molecule has 0 atom stereocenters. The molecule has 2 N–H and O–H groups in total. The van der Waals surface area contributed by atoms with Gasteiger partial charge in [-0.05, 0) is 31.2 Å². The van der Waals surface area contributed by atoms with Crippen molar-refractivity contribution in [3.05, 3.63) is 62.8 Å². The summed E-state index contributed by atoms with van der Waals surface area (Å²) in [5.41, 5.74) is -1.06. The van der Waals surface area contributed by atoms with E-state index in [0.717, 1.165) is 12.1 Å². The standard InChI is InChI=1S/C20H13ClF2N2O3/c1-3-7-28-19-13(21)9-14(23)17-16(19)18(27)15(10(2)26)20(25-17)24-12-6-4-5-11(22)8-12/h1,4-6,8-9H,7H2,2H3,(H2,24,25,27). The molecule has 28 heavy (non-hydrogen) atoms. The number of hydrogen-bond donors (Lipinski definition) is 2. The van der Waals surface area contributed by atoms with Crippen molar-refractivity contribution in [3.8, 4) is 18.1 Å². The highest BCUT2D eigenvalue weighted by Crippen LogP contribution is 2.34. The number of ketones is 1. The number of halogens is 3. The third-order valence-corrected chi connectivity index (χ3v) is 4.17. The maximum absolute atomic E-state index is 14.5. The number of rotatable bonds is 5. The van der Waals surface area contributed by atoms with E-state index in [1.54, 1.807) is 0 Å². The lowest BCUT2D eigenvalue weighted by atomic mass is 10.1. The number of nitrogens with one attached hydrogen (secondary N) is 2. The van der Waals surface area contributed by atoms with Gasteiger partial charge in [0.25, 0.3) is 0 Å². The molecule has 0 aliphatic carbocycles. The minimum absolute atomic E-state index is 0.0836. The van der Waals surface area contributed by atoms with Gasteiger partial charge >= 0.3 is 0 Å². The smallest absolute Gasteiger partial charge is 0.206 e. The van der Waals surface area contributed by atoms with Crippen LogP contribution < -0.4 is 15.5 Å². The van der Waals surface area contributed by atoms with Crippen LogP contribution in [0.5, 0.6) is 5.75 Å². The second kappa shape index (κ2) is 7.71. The SMILES string of the molecule is C#CCOc1c(Cl)cc(F)c2[nH]c(Nc3cccc(F)c3)c(C(C)=O)c(=O)c12. The van der Waals surface area contributed by atoms with Crippen LogP contribution in [0, 0.1) is 24.0 Å². The summed E-state index contributed by atoms with van der Waals surface area (Å²) in [5, 5.41) is 2.34. The number of aromatic nitrogens is 1. The van der Waals surface area contributed by atoms with Crippen LogP contribution in [0.1, 0.15) is 17.3 Å². The summed E-state index contributed by atoms with van der Waals surface area (Å²) in [6.45, 7) is 0.967. The molecule has 3 aromatic rings. The third kappa shape index (κ3) is 3.55. The van der Waals surface area contributed by atoms with Crippen LogP contribution in [0.15, 0.2) is 35.1 Å². The number of H-pyrrole nitrogens is 1. The number of Topliss-reactive ketones (excluding diaryl/α,β-unsaturated/α-hetero) is 1. The van der Waals surface area contributed by atoms with Crippen LogP contribution >= 0.6 is 11.6 Å². The lowest BCUT2D eigenvalue weighted by Crippen LogP contribution is -2.19. The van der Waals surface area contributed by atoms with Crippen LogP contribution in [0.4, 0.5) is 20.3 Å². The molecule has 0 unspecified atom stereocenters. The van der Waals surface area contributed by atoms with Gasteiger partial charge < -0.3 is 15.0 Å². The summed E-state index contributed by atoms with van der Waals surface area (Å²) >= 11 is 6.01. The van der Waals surface area contributed by atoms with Crippen molar-refractivity contribution >= 4 is 39.8 Å². The van der Waals surface area contributed by atoms with E-state index in [-0.39, 0.29) is 45.4 Å². The Morgan fingerprint density at radius 1 is 1.36 bits per heavy atom. The van der Waals surface area contributed by atoms with E-state index in [4.69, 9.17) is 22.8 Å². The summed E-state index contributed by atoms with van der Waals surface area (Å²) < 4.78 is 33.3. The van der Waals surface area contributed by atoms with Crippen molar-refractivity contribution in [2.75, 3.05) is 11.9 Å². The molecular formula is C20H13ClF2N2O3. The van der Waals surface area contributed by atoms with Gasteiger partial charge in [0.2, 0.25) is 5.43 Å². The molecule has 2 aromatic carbocycles. The minimum Gasteiger partial charge on any atom is -0.479 e. The lowest BCUT2D eigenvalue weighted by molar-refractivity contribution is 0.101. The predicted molar refractivity (Wildman–Crippen MR) is 104 cm³/mol. The summed E-state index contributed by atoms with van der Waals surface area (Å²) in [5.74, 6) is 0.0653. The number of benzene rings is 2. The van der Waals surface area contributed by atoms with Gasteiger partial charge in [0.1, 0.15) is 29.6 Å². The molecule has 3 rings (SSSR count). The van der Waals surface area contributed by atoms with Gasteiger partial charge in [-0.25, -0.2) is 8.78 Å². The molecule has 0 radical (unpaired) electrons. The largest absolute Gasteiger partial charge is 0.479 e.